The molecule has 5 rings (SSSR count). The Kier molecular flexibility index (Phi) is 7.10. The van der Waals surface area contributed by atoms with Crippen LogP contribution in [0.25, 0.3) is 11.1 Å². The van der Waals surface area contributed by atoms with E-state index in [1.54, 1.807) is 43.3 Å². The molecule has 2 heterocycles. The van der Waals surface area contributed by atoms with Crippen molar-refractivity contribution in [3.8, 4) is 22.6 Å². The number of rotatable bonds is 7. The van der Waals surface area contributed by atoms with Gasteiger partial charge in [-0.3, -0.25) is 4.79 Å². The molecule has 0 aliphatic carbocycles. The molecule has 1 unspecified atom stereocenters. The fourth-order valence-corrected chi connectivity index (χ4v) is 6.11. The quantitative estimate of drug-likeness (QED) is 0.446. The first-order valence-corrected chi connectivity index (χ1v) is 13.7. The van der Waals surface area contributed by atoms with Crippen molar-refractivity contribution in [2.75, 3.05) is 40.5 Å². The summed E-state index contributed by atoms with van der Waals surface area (Å²) in [5.74, 6) is 0.461. The van der Waals surface area contributed by atoms with Gasteiger partial charge in [0.15, 0.2) is 10.7 Å². The number of benzene rings is 3. The molecular weight excluding hydrogens is 526 g/mol. The highest BCUT2D eigenvalue weighted by Gasteiger charge is 2.52. The van der Waals surface area contributed by atoms with E-state index >= 15 is 0 Å². The van der Waals surface area contributed by atoms with Gasteiger partial charge in [0.1, 0.15) is 11.5 Å². The van der Waals surface area contributed by atoms with Gasteiger partial charge in [-0.25, -0.2) is 0 Å². The van der Waals surface area contributed by atoms with Crippen molar-refractivity contribution in [3.63, 3.8) is 0 Å². The maximum atomic E-state index is 13.7. The van der Waals surface area contributed by atoms with Gasteiger partial charge in [0, 0.05) is 20.1 Å². The van der Waals surface area contributed by atoms with Gasteiger partial charge in [0.05, 0.1) is 20.3 Å². The fraction of sp³-hybridized carbons (Fsp3) is 0.259. The molecule has 2 aliphatic rings. The van der Waals surface area contributed by atoms with Gasteiger partial charge in [-0.05, 0) is 64.8 Å². The molecule has 1 N–H and O–H groups in total. The summed E-state index contributed by atoms with van der Waals surface area (Å²) in [4.78, 5) is 15.4. The van der Waals surface area contributed by atoms with Crippen molar-refractivity contribution < 1.29 is 26.9 Å². The second kappa shape index (κ2) is 10.3. The monoisotopic (exact) mass is 553 g/mol. The van der Waals surface area contributed by atoms with Crippen LogP contribution in [0.4, 0.5) is 0 Å². The first kappa shape index (κ1) is 26.1. The minimum Gasteiger partial charge on any atom is -0.497 e. The van der Waals surface area contributed by atoms with Crippen molar-refractivity contribution in [2.24, 2.45) is 0 Å². The Hall–Kier alpha value is -3.51. The Labute approximate surface area is 227 Å². The van der Waals surface area contributed by atoms with Crippen molar-refractivity contribution in [1.29, 1.82) is 0 Å². The molecule has 1 atom stereocenters. The van der Waals surface area contributed by atoms with Gasteiger partial charge >= 0.3 is 10.3 Å². The number of carbonyl (C=O) groups excluding carboxylic acids is 1. The number of ether oxygens (including phenoxy) is 2. The lowest BCUT2D eigenvalue weighted by molar-refractivity contribution is -0.124. The normalized spacial score (nSPS) is 20.3. The van der Waals surface area contributed by atoms with Crippen LogP contribution in [0.15, 0.2) is 72.8 Å². The third-order valence-electron chi connectivity index (χ3n) is 6.78. The second-order valence-electron chi connectivity index (χ2n) is 8.92. The standard InChI is InChI=1S/C27H27N3O6S2/c1-29-26(37)28-25(31)27(29,21-8-3-6-19(16-21)20-7-4-10-23(17-20)34-2)22-9-5-11-24(18-22)36-38(32,33)30-12-14-35-15-13-30/h3-11,16-18H,12-15H2,1-2H3,(H,28,31,37). The predicted octanol–water partition coefficient (Wildman–Crippen LogP) is 2.91. The summed E-state index contributed by atoms with van der Waals surface area (Å²) in [7, 11) is -0.705. The number of nitrogens with one attached hydrogen (secondary N) is 1. The molecule has 0 spiro atoms. The van der Waals surface area contributed by atoms with Crippen LogP contribution < -0.4 is 14.2 Å². The molecule has 2 fully saturated rings. The number of carbonyl (C=O) groups is 1. The number of nitrogens with zero attached hydrogens (tertiary/aromatic N) is 2. The Morgan fingerprint density at radius 2 is 1.53 bits per heavy atom. The molecular formula is C27H27N3O6S2. The third-order valence-corrected chi connectivity index (χ3v) is 8.56. The Bertz CT molecular complexity index is 1490. The van der Waals surface area contributed by atoms with Crippen LogP contribution in [0, 0.1) is 0 Å². The molecule has 0 bridgehead atoms. The van der Waals surface area contributed by atoms with E-state index < -0.39 is 15.8 Å². The van der Waals surface area contributed by atoms with Crippen LogP contribution in [0.5, 0.6) is 11.5 Å². The topological polar surface area (TPSA) is 97.4 Å². The van der Waals surface area contributed by atoms with Gasteiger partial charge < -0.3 is 23.9 Å². The number of hydrogen-bond acceptors (Lipinski definition) is 7. The lowest BCUT2D eigenvalue weighted by atomic mass is 9.80. The number of hydrogen-bond donors (Lipinski definition) is 1. The third kappa shape index (κ3) is 4.62. The zero-order valence-corrected chi connectivity index (χ0v) is 22.6. The summed E-state index contributed by atoms with van der Waals surface area (Å²) < 4.78 is 43.1. The van der Waals surface area contributed by atoms with E-state index in [9.17, 15) is 13.2 Å². The second-order valence-corrected chi connectivity index (χ2v) is 10.8. The number of thiocarbonyl (C=S) groups is 1. The highest BCUT2D eigenvalue weighted by molar-refractivity contribution is 7.84. The van der Waals surface area contributed by atoms with Crippen LogP contribution in [-0.2, 0) is 25.4 Å². The molecule has 198 valence electrons. The number of amides is 1. The molecule has 0 saturated carbocycles. The van der Waals surface area contributed by atoms with Gasteiger partial charge in [0.25, 0.3) is 5.91 Å². The minimum absolute atomic E-state index is 0.0938. The van der Waals surface area contributed by atoms with E-state index in [4.69, 9.17) is 25.9 Å². The Morgan fingerprint density at radius 1 is 0.921 bits per heavy atom. The maximum Gasteiger partial charge on any atom is 0.385 e. The first-order chi connectivity index (χ1) is 18.3. The summed E-state index contributed by atoms with van der Waals surface area (Å²) in [6.45, 7) is 1.03. The van der Waals surface area contributed by atoms with Crippen LogP contribution in [-0.4, -0.2) is 69.1 Å². The minimum atomic E-state index is -4.05. The molecule has 3 aromatic rings. The van der Waals surface area contributed by atoms with E-state index in [1.165, 1.54) is 4.31 Å². The van der Waals surface area contributed by atoms with Crippen molar-refractivity contribution in [2.45, 2.75) is 5.54 Å². The largest absolute Gasteiger partial charge is 0.497 e. The lowest BCUT2D eigenvalue weighted by Crippen LogP contribution is -2.46. The highest BCUT2D eigenvalue weighted by atomic mass is 32.2. The van der Waals surface area contributed by atoms with E-state index in [0.29, 0.717) is 30.1 Å². The maximum absolute atomic E-state index is 13.7. The van der Waals surface area contributed by atoms with E-state index in [2.05, 4.69) is 5.32 Å². The molecule has 3 aromatic carbocycles. The summed E-state index contributed by atoms with van der Waals surface area (Å²) in [6, 6.07) is 21.8. The lowest BCUT2D eigenvalue weighted by Gasteiger charge is -2.35. The zero-order valence-electron chi connectivity index (χ0n) is 20.9. The van der Waals surface area contributed by atoms with Crippen molar-refractivity contribution >= 4 is 33.5 Å². The van der Waals surface area contributed by atoms with Crippen LogP contribution >= 0.6 is 12.2 Å². The molecule has 2 saturated heterocycles. The zero-order chi connectivity index (χ0) is 26.9. The highest BCUT2D eigenvalue weighted by Crippen LogP contribution is 2.41. The van der Waals surface area contributed by atoms with E-state index in [0.717, 1.165) is 11.1 Å². The summed E-state index contributed by atoms with van der Waals surface area (Å²) >= 11 is 5.46. The van der Waals surface area contributed by atoms with E-state index in [1.807, 2.05) is 48.5 Å². The molecule has 1 amide bonds. The van der Waals surface area contributed by atoms with Gasteiger partial charge in [-0.15, -0.1) is 0 Å². The number of likely N-dealkylation sites (N-methyl/N-ethyl adjacent to an activating group) is 1. The van der Waals surface area contributed by atoms with Gasteiger partial charge in [-0.1, -0.05) is 42.5 Å². The summed E-state index contributed by atoms with van der Waals surface area (Å²) in [5.41, 5.74) is 1.61. The number of methoxy groups -OCH3 is 1. The summed E-state index contributed by atoms with van der Waals surface area (Å²) in [5, 5.41) is 3.03. The molecule has 0 aromatic heterocycles. The Morgan fingerprint density at radius 3 is 2.18 bits per heavy atom. The molecule has 11 heteroatoms. The van der Waals surface area contributed by atoms with Crippen molar-refractivity contribution in [3.05, 3.63) is 83.9 Å². The van der Waals surface area contributed by atoms with E-state index in [-0.39, 0.29) is 29.9 Å². The van der Waals surface area contributed by atoms with Crippen LogP contribution in [0.2, 0.25) is 0 Å². The smallest absolute Gasteiger partial charge is 0.385 e. The van der Waals surface area contributed by atoms with Crippen molar-refractivity contribution in [1.82, 2.24) is 14.5 Å². The SMILES string of the molecule is COc1cccc(-c2cccc(C3(c4cccc(OS(=O)(=O)N5CCOCC5)c4)C(=O)NC(=S)N3C)c2)c1. The Balaban J connectivity index is 1.59. The fourth-order valence-electron chi connectivity index (χ4n) is 4.84. The predicted molar refractivity (Wildman–Crippen MR) is 146 cm³/mol. The van der Waals surface area contributed by atoms with Crippen LogP contribution in [0.3, 0.4) is 0 Å². The molecule has 9 nitrogen and oxygen atoms in total. The van der Waals surface area contributed by atoms with Crippen LogP contribution in [0.1, 0.15) is 11.1 Å². The number of morpholine rings is 1. The summed E-state index contributed by atoms with van der Waals surface area (Å²) in [6.07, 6.45) is 0. The molecule has 0 radical (unpaired) electrons. The average molecular weight is 554 g/mol. The molecule has 38 heavy (non-hydrogen) atoms. The molecule has 2 aliphatic heterocycles. The van der Waals surface area contributed by atoms with Gasteiger partial charge in [0.2, 0.25) is 0 Å². The van der Waals surface area contributed by atoms with Gasteiger partial charge in [-0.2, -0.15) is 12.7 Å². The first-order valence-electron chi connectivity index (χ1n) is 12.0. The average Bonchev–Trinajstić information content (AvgIpc) is 3.17.